The van der Waals surface area contributed by atoms with E-state index >= 15 is 0 Å². The van der Waals surface area contributed by atoms with Crippen LogP contribution in [-0.4, -0.2) is 23.2 Å². The van der Waals surface area contributed by atoms with Crippen molar-refractivity contribution in [3.8, 4) is 0 Å². The third-order valence-electron chi connectivity index (χ3n) is 1.09. The van der Waals surface area contributed by atoms with Crippen LogP contribution in [0.3, 0.4) is 0 Å². The van der Waals surface area contributed by atoms with Crippen molar-refractivity contribution in [3.63, 3.8) is 0 Å². The standard InChI is InChI=1S/C6H9BrN2OS/c7-5-4-11-6(9-5)8-2-1-3-10/h4,10H,1-3H2,(H,8,9). The van der Waals surface area contributed by atoms with Crippen LogP contribution in [0.15, 0.2) is 9.98 Å². The van der Waals surface area contributed by atoms with Crippen LogP contribution in [0.25, 0.3) is 0 Å². The molecule has 0 aromatic carbocycles. The molecule has 0 bridgehead atoms. The van der Waals surface area contributed by atoms with Crippen molar-refractivity contribution in [2.75, 3.05) is 18.5 Å². The molecule has 1 aromatic rings. The largest absolute Gasteiger partial charge is 0.396 e. The first-order chi connectivity index (χ1) is 5.33. The van der Waals surface area contributed by atoms with E-state index in [0.29, 0.717) is 0 Å². The summed E-state index contributed by atoms with van der Waals surface area (Å²) in [6, 6.07) is 0. The highest BCUT2D eigenvalue weighted by Gasteiger charge is 1.96. The van der Waals surface area contributed by atoms with Gasteiger partial charge in [0.05, 0.1) is 0 Å². The van der Waals surface area contributed by atoms with Crippen molar-refractivity contribution in [2.24, 2.45) is 0 Å². The molecule has 0 amide bonds. The fourth-order valence-electron chi connectivity index (χ4n) is 0.610. The molecule has 0 aliphatic rings. The maximum absolute atomic E-state index is 8.48. The molecule has 62 valence electrons. The first kappa shape index (κ1) is 8.96. The summed E-state index contributed by atoms with van der Waals surface area (Å²) in [7, 11) is 0. The van der Waals surface area contributed by atoms with E-state index in [4.69, 9.17) is 5.11 Å². The Morgan fingerprint density at radius 3 is 3.09 bits per heavy atom. The predicted octanol–water partition coefficient (Wildman–Crippen LogP) is 1.70. The van der Waals surface area contributed by atoms with Gasteiger partial charge in [-0.2, -0.15) is 0 Å². The second kappa shape index (κ2) is 4.69. The van der Waals surface area contributed by atoms with Crippen LogP contribution in [-0.2, 0) is 0 Å². The van der Waals surface area contributed by atoms with Crippen LogP contribution in [0.5, 0.6) is 0 Å². The van der Waals surface area contributed by atoms with Crippen LogP contribution in [0.2, 0.25) is 0 Å². The number of rotatable bonds is 4. The lowest BCUT2D eigenvalue weighted by atomic mass is 10.5. The van der Waals surface area contributed by atoms with Gasteiger partial charge in [-0.3, -0.25) is 0 Å². The van der Waals surface area contributed by atoms with Crippen LogP contribution in [0, 0.1) is 0 Å². The molecule has 0 unspecified atom stereocenters. The molecular weight excluding hydrogens is 228 g/mol. The lowest BCUT2D eigenvalue weighted by Gasteiger charge is -1.97. The zero-order valence-corrected chi connectivity index (χ0v) is 8.28. The van der Waals surface area contributed by atoms with Crippen LogP contribution in [0.1, 0.15) is 6.42 Å². The second-order valence-electron chi connectivity index (χ2n) is 1.98. The maximum Gasteiger partial charge on any atom is 0.183 e. The highest BCUT2D eigenvalue weighted by molar-refractivity contribution is 9.10. The SMILES string of the molecule is OCCCNc1nc(Br)cs1. The summed E-state index contributed by atoms with van der Waals surface area (Å²) >= 11 is 4.80. The van der Waals surface area contributed by atoms with Gasteiger partial charge in [0, 0.05) is 18.5 Å². The van der Waals surface area contributed by atoms with Crippen LogP contribution < -0.4 is 5.32 Å². The van der Waals surface area contributed by atoms with E-state index in [9.17, 15) is 0 Å². The Bertz CT molecular complexity index is 216. The topological polar surface area (TPSA) is 45.1 Å². The van der Waals surface area contributed by atoms with Crippen molar-refractivity contribution in [1.82, 2.24) is 4.98 Å². The van der Waals surface area contributed by atoms with Crippen molar-refractivity contribution >= 4 is 32.4 Å². The number of hydrogen-bond donors (Lipinski definition) is 2. The van der Waals surface area contributed by atoms with E-state index in [2.05, 4.69) is 26.2 Å². The maximum atomic E-state index is 8.48. The Balaban J connectivity index is 2.27. The number of aliphatic hydroxyl groups excluding tert-OH is 1. The third-order valence-corrected chi connectivity index (χ3v) is 2.60. The molecule has 0 saturated heterocycles. The minimum absolute atomic E-state index is 0.222. The number of halogens is 1. The van der Waals surface area contributed by atoms with Gasteiger partial charge in [0.2, 0.25) is 0 Å². The molecule has 0 saturated carbocycles. The molecule has 0 radical (unpaired) electrons. The molecule has 0 spiro atoms. The Kier molecular flexibility index (Phi) is 3.82. The number of hydrogen-bond acceptors (Lipinski definition) is 4. The summed E-state index contributed by atoms with van der Waals surface area (Å²) in [6.07, 6.45) is 0.761. The zero-order chi connectivity index (χ0) is 8.10. The van der Waals surface area contributed by atoms with E-state index in [1.54, 1.807) is 11.3 Å². The van der Waals surface area contributed by atoms with Gasteiger partial charge < -0.3 is 10.4 Å². The molecule has 5 heteroatoms. The molecule has 0 atom stereocenters. The first-order valence-corrected chi connectivity index (χ1v) is 4.96. The highest BCUT2D eigenvalue weighted by atomic mass is 79.9. The molecule has 1 rings (SSSR count). The first-order valence-electron chi connectivity index (χ1n) is 3.28. The normalized spacial score (nSPS) is 10.0. The van der Waals surface area contributed by atoms with E-state index in [0.717, 1.165) is 22.7 Å². The molecule has 1 heterocycles. The molecule has 0 aliphatic heterocycles. The second-order valence-corrected chi connectivity index (χ2v) is 3.65. The van der Waals surface area contributed by atoms with Gasteiger partial charge >= 0.3 is 0 Å². The average Bonchev–Trinajstić information content (AvgIpc) is 2.37. The smallest absolute Gasteiger partial charge is 0.183 e. The summed E-state index contributed by atoms with van der Waals surface area (Å²) < 4.78 is 0.856. The van der Waals surface area contributed by atoms with Crippen molar-refractivity contribution in [3.05, 3.63) is 9.98 Å². The summed E-state index contributed by atoms with van der Waals surface area (Å²) in [5.74, 6) is 0. The molecule has 11 heavy (non-hydrogen) atoms. The summed E-state index contributed by atoms with van der Waals surface area (Å²) in [5.41, 5.74) is 0. The molecule has 0 fully saturated rings. The van der Waals surface area contributed by atoms with Gasteiger partial charge in [0.15, 0.2) is 5.13 Å². The lowest BCUT2D eigenvalue weighted by Crippen LogP contribution is -2.02. The molecule has 3 nitrogen and oxygen atoms in total. The van der Waals surface area contributed by atoms with Crippen molar-refractivity contribution in [1.29, 1.82) is 0 Å². The summed E-state index contributed by atoms with van der Waals surface area (Å²) in [5, 5.41) is 14.4. The van der Waals surface area contributed by atoms with Gasteiger partial charge in [0.25, 0.3) is 0 Å². The Hall–Kier alpha value is -0.130. The Labute approximate surface area is 77.6 Å². The molecule has 1 aromatic heterocycles. The summed E-state index contributed by atoms with van der Waals surface area (Å²) in [4.78, 5) is 4.12. The Morgan fingerprint density at radius 1 is 1.73 bits per heavy atom. The minimum atomic E-state index is 0.222. The number of aliphatic hydroxyl groups is 1. The number of nitrogens with one attached hydrogen (secondary N) is 1. The third kappa shape index (κ3) is 3.18. The monoisotopic (exact) mass is 236 g/mol. The fraction of sp³-hybridized carbons (Fsp3) is 0.500. The number of nitrogens with zero attached hydrogens (tertiary/aromatic N) is 1. The van der Waals surface area contributed by atoms with Gasteiger partial charge in [-0.05, 0) is 22.4 Å². The molecule has 2 N–H and O–H groups in total. The highest BCUT2D eigenvalue weighted by Crippen LogP contribution is 2.18. The molecule has 0 aliphatic carbocycles. The zero-order valence-electron chi connectivity index (χ0n) is 5.88. The predicted molar refractivity (Wildman–Crippen MR) is 50.0 cm³/mol. The molecular formula is C6H9BrN2OS. The van der Waals surface area contributed by atoms with Crippen molar-refractivity contribution < 1.29 is 5.11 Å². The van der Waals surface area contributed by atoms with E-state index in [1.807, 2.05) is 5.38 Å². The number of aromatic nitrogens is 1. The van der Waals surface area contributed by atoms with Gasteiger partial charge in [-0.1, -0.05) is 0 Å². The summed E-state index contributed by atoms with van der Waals surface area (Å²) in [6.45, 7) is 0.996. The van der Waals surface area contributed by atoms with Crippen LogP contribution >= 0.6 is 27.3 Å². The van der Waals surface area contributed by atoms with E-state index in [-0.39, 0.29) is 6.61 Å². The van der Waals surface area contributed by atoms with Gasteiger partial charge in [-0.25, -0.2) is 4.98 Å². The fourth-order valence-corrected chi connectivity index (χ4v) is 1.78. The average molecular weight is 237 g/mol. The number of thiazole rings is 1. The van der Waals surface area contributed by atoms with E-state index < -0.39 is 0 Å². The van der Waals surface area contributed by atoms with Gasteiger partial charge in [0.1, 0.15) is 4.60 Å². The van der Waals surface area contributed by atoms with Crippen molar-refractivity contribution in [2.45, 2.75) is 6.42 Å². The van der Waals surface area contributed by atoms with E-state index in [1.165, 1.54) is 0 Å². The minimum Gasteiger partial charge on any atom is -0.396 e. The Morgan fingerprint density at radius 2 is 2.55 bits per heavy atom. The quantitative estimate of drug-likeness (QED) is 0.783. The number of anilines is 1. The van der Waals surface area contributed by atoms with Gasteiger partial charge in [-0.15, -0.1) is 11.3 Å². The lowest BCUT2D eigenvalue weighted by molar-refractivity contribution is 0.292. The van der Waals surface area contributed by atoms with Crippen LogP contribution in [0.4, 0.5) is 5.13 Å².